The molecule has 0 spiro atoms. The molecule has 2 amide bonds. The Hall–Kier alpha value is -3.90. The molecule has 3 aromatic carbocycles. The Labute approximate surface area is 222 Å². The molecule has 37 heavy (non-hydrogen) atoms. The van der Waals surface area contributed by atoms with Crippen LogP contribution in [0.3, 0.4) is 0 Å². The summed E-state index contributed by atoms with van der Waals surface area (Å²) in [6.07, 6.45) is 0.747. The molecule has 0 saturated carbocycles. The summed E-state index contributed by atoms with van der Waals surface area (Å²) in [5.74, 6) is 1.61. The number of hydrogen-bond donors (Lipinski definition) is 1. The summed E-state index contributed by atoms with van der Waals surface area (Å²) in [5.41, 5.74) is 6.14. The molecule has 6 nitrogen and oxygen atoms in total. The highest BCUT2D eigenvalue weighted by Crippen LogP contribution is 2.29. The van der Waals surface area contributed by atoms with Gasteiger partial charge in [0.25, 0.3) is 0 Å². The van der Waals surface area contributed by atoms with Gasteiger partial charge in [-0.2, -0.15) is 0 Å². The number of piperazine rings is 1. The predicted octanol–water partition coefficient (Wildman–Crippen LogP) is 6.36. The van der Waals surface area contributed by atoms with Crippen molar-refractivity contribution in [2.45, 2.75) is 20.3 Å². The number of hydrogen-bond acceptors (Lipinski definition) is 4. The van der Waals surface area contributed by atoms with E-state index in [0.717, 1.165) is 40.3 Å². The zero-order valence-electron chi connectivity index (χ0n) is 21.1. The number of carbonyl (C=O) groups is 1. The number of halogens is 1. The molecule has 5 rings (SSSR count). The molecule has 0 bridgehead atoms. The molecule has 4 aromatic rings. The lowest BCUT2D eigenvalue weighted by molar-refractivity contribution is 0.208. The second kappa shape index (κ2) is 11.0. The maximum absolute atomic E-state index is 12.9. The maximum Gasteiger partial charge on any atom is 0.321 e. The van der Waals surface area contributed by atoms with Crippen LogP contribution in [0.2, 0.25) is 5.02 Å². The fraction of sp³-hybridized carbons (Fsp3) is 0.233. The number of aromatic nitrogens is 2. The van der Waals surface area contributed by atoms with Crippen LogP contribution in [0.5, 0.6) is 0 Å². The summed E-state index contributed by atoms with van der Waals surface area (Å²) in [4.78, 5) is 27.0. The highest BCUT2D eigenvalue weighted by molar-refractivity contribution is 6.30. The molecular weight excluding hydrogens is 482 g/mol. The van der Waals surface area contributed by atoms with Crippen molar-refractivity contribution in [2.24, 2.45) is 0 Å². The third-order valence-electron chi connectivity index (χ3n) is 6.65. The lowest BCUT2D eigenvalue weighted by Gasteiger charge is -2.36. The third kappa shape index (κ3) is 5.92. The summed E-state index contributed by atoms with van der Waals surface area (Å²) in [6.45, 7) is 6.68. The predicted molar refractivity (Wildman–Crippen MR) is 150 cm³/mol. The Morgan fingerprint density at radius 1 is 0.892 bits per heavy atom. The van der Waals surface area contributed by atoms with Gasteiger partial charge in [0.15, 0.2) is 5.82 Å². The number of benzene rings is 3. The smallest absolute Gasteiger partial charge is 0.321 e. The van der Waals surface area contributed by atoms with E-state index >= 15 is 0 Å². The van der Waals surface area contributed by atoms with Crippen LogP contribution in [-0.2, 0) is 6.42 Å². The minimum atomic E-state index is -0.0736. The number of nitrogens with one attached hydrogen (secondary N) is 1. The molecule has 1 aliphatic rings. The van der Waals surface area contributed by atoms with E-state index in [2.05, 4.69) is 41.4 Å². The topological polar surface area (TPSA) is 61.4 Å². The Kier molecular flexibility index (Phi) is 7.37. The van der Waals surface area contributed by atoms with Crippen LogP contribution in [0.25, 0.3) is 11.4 Å². The molecule has 188 valence electrons. The molecule has 0 radical (unpaired) electrons. The summed E-state index contributed by atoms with van der Waals surface area (Å²) >= 11 is 6.11. The van der Waals surface area contributed by atoms with Gasteiger partial charge in [-0.05, 0) is 61.4 Å². The van der Waals surface area contributed by atoms with Crippen molar-refractivity contribution in [3.8, 4) is 11.4 Å². The average molecular weight is 512 g/mol. The second-order valence-corrected chi connectivity index (χ2v) is 9.81. The first kappa shape index (κ1) is 24.8. The minimum absolute atomic E-state index is 0.0736. The average Bonchev–Trinajstić information content (AvgIpc) is 2.91. The number of rotatable bonds is 5. The lowest BCUT2D eigenvalue weighted by Crippen LogP contribution is -2.50. The molecular formula is C30H30ClN5O. The van der Waals surface area contributed by atoms with Gasteiger partial charge in [-0.3, -0.25) is 0 Å². The third-order valence-corrected chi connectivity index (χ3v) is 6.91. The van der Waals surface area contributed by atoms with E-state index in [1.165, 1.54) is 5.56 Å². The molecule has 0 atom stereocenters. The molecule has 1 saturated heterocycles. The minimum Gasteiger partial charge on any atom is -0.353 e. The molecule has 0 aliphatic carbocycles. The fourth-order valence-corrected chi connectivity index (χ4v) is 4.75. The Morgan fingerprint density at radius 2 is 1.62 bits per heavy atom. The van der Waals surface area contributed by atoms with Crippen molar-refractivity contribution in [3.63, 3.8) is 0 Å². The molecule has 1 fully saturated rings. The first-order valence-electron chi connectivity index (χ1n) is 12.5. The number of urea groups is 1. The molecule has 7 heteroatoms. The summed E-state index contributed by atoms with van der Waals surface area (Å²) in [6, 6.07) is 25.8. The van der Waals surface area contributed by atoms with Gasteiger partial charge in [0, 0.05) is 60.1 Å². The Morgan fingerprint density at radius 3 is 2.32 bits per heavy atom. The number of nitrogens with zero attached hydrogens (tertiary/aromatic N) is 4. The number of amides is 2. The second-order valence-electron chi connectivity index (χ2n) is 9.38. The molecule has 1 aliphatic heterocycles. The van der Waals surface area contributed by atoms with E-state index in [9.17, 15) is 4.79 Å². The Bertz CT molecular complexity index is 1380. The zero-order chi connectivity index (χ0) is 25.8. The summed E-state index contributed by atoms with van der Waals surface area (Å²) < 4.78 is 0. The van der Waals surface area contributed by atoms with Gasteiger partial charge in [0.2, 0.25) is 0 Å². The van der Waals surface area contributed by atoms with Crippen LogP contribution in [-0.4, -0.2) is 47.1 Å². The van der Waals surface area contributed by atoms with Crippen LogP contribution in [0.1, 0.15) is 22.4 Å². The molecule has 2 heterocycles. The maximum atomic E-state index is 12.9. The number of carbonyl (C=O) groups excluding carboxylic acids is 1. The van der Waals surface area contributed by atoms with Crippen molar-refractivity contribution < 1.29 is 4.79 Å². The van der Waals surface area contributed by atoms with Crippen molar-refractivity contribution in [2.75, 3.05) is 36.4 Å². The van der Waals surface area contributed by atoms with Crippen molar-refractivity contribution in [3.05, 3.63) is 106 Å². The quantitative estimate of drug-likeness (QED) is 0.338. The van der Waals surface area contributed by atoms with E-state index < -0.39 is 0 Å². The first-order chi connectivity index (χ1) is 18.0. The zero-order valence-corrected chi connectivity index (χ0v) is 21.9. The van der Waals surface area contributed by atoms with Gasteiger partial charge in [-0.25, -0.2) is 14.8 Å². The van der Waals surface area contributed by atoms with Gasteiger partial charge < -0.3 is 15.1 Å². The van der Waals surface area contributed by atoms with Gasteiger partial charge in [-0.1, -0.05) is 54.1 Å². The van der Waals surface area contributed by atoms with Crippen molar-refractivity contribution in [1.82, 2.24) is 14.9 Å². The van der Waals surface area contributed by atoms with Crippen LogP contribution >= 0.6 is 11.6 Å². The van der Waals surface area contributed by atoms with Gasteiger partial charge >= 0.3 is 6.03 Å². The highest BCUT2D eigenvalue weighted by Gasteiger charge is 2.25. The molecule has 1 aromatic heterocycles. The van der Waals surface area contributed by atoms with E-state index in [0.29, 0.717) is 37.0 Å². The van der Waals surface area contributed by atoms with E-state index in [1.807, 2.05) is 66.4 Å². The van der Waals surface area contributed by atoms with E-state index in [4.69, 9.17) is 21.6 Å². The van der Waals surface area contributed by atoms with E-state index in [1.54, 1.807) is 0 Å². The van der Waals surface area contributed by atoms with Crippen molar-refractivity contribution in [1.29, 1.82) is 0 Å². The Balaban J connectivity index is 1.39. The standard InChI is InChI=1S/C30H30ClN5O/c1-21-7-6-10-26(19-21)33-30(37)36-17-15-35(16-18-36)29-27(20-23-8-4-3-5-9-23)22(2)32-28(34-29)24-11-13-25(31)14-12-24/h3-14,19H,15-18,20H2,1-2H3,(H,33,37). The summed E-state index contributed by atoms with van der Waals surface area (Å²) in [7, 11) is 0. The van der Waals surface area contributed by atoms with Crippen LogP contribution < -0.4 is 10.2 Å². The fourth-order valence-electron chi connectivity index (χ4n) is 4.62. The van der Waals surface area contributed by atoms with Crippen molar-refractivity contribution >= 4 is 29.1 Å². The lowest BCUT2D eigenvalue weighted by atomic mass is 10.0. The van der Waals surface area contributed by atoms with Crippen LogP contribution in [0, 0.1) is 13.8 Å². The SMILES string of the molecule is Cc1cccc(NC(=O)N2CCN(c3nc(-c4ccc(Cl)cc4)nc(C)c3Cc3ccccc3)CC2)c1. The monoisotopic (exact) mass is 511 g/mol. The van der Waals surface area contributed by atoms with Crippen LogP contribution in [0.4, 0.5) is 16.3 Å². The molecule has 1 N–H and O–H groups in total. The highest BCUT2D eigenvalue weighted by atomic mass is 35.5. The van der Waals surface area contributed by atoms with Gasteiger partial charge in [-0.15, -0.1) is 0 Å². The number of aryl methyl sites for hydroxylation is 2. The molecule has 0 unspecified atom stereocenters. The van der Waals surface area contributed by atoms with Crippen LogP contribution in [0.15, 0.2) is 78.9 Å². The normalized spacial score (nSPS) is 13.5. The largest absolute Gasteiger partial charge is 0.353 e. The summed E-state index contributed by atoms with van der Waals surface area (Å²) in [5, 5.41) is 3.71. The van der Waals surface area contributed by atoms with E-state index in [-0.39, 0.29) is 6.03 Å². The van der Waals surface area contributed by atoms with Gasteiger partial charge in [0.1, 0.15) is 5.82 Å². The first-order valence-corrected chi connectivity index (χ1v) is 12.9. The van der Waals surface area contributed by atoms with Gasteiger partial charge in [0.05, 0.1) is 0 Å². The number of anilines is 2.